The van der Waals surface area contributed by atoms with Gasteiger partial charge in [-0.3, -0.25) is 4.79 Å². The highest BCUT2D eigenvalue weighted by atomic mass is 32.2. The number of amides is 1. The molecule has 0 unspecified atom stereocenters. The first kappa shape index (κ1) is 14.9. The molecule has 1 saturated heterocycles. The van der Waals surface area contributed by atoms with Crippen LogP contribution < -0.4 is 0 Å². The summed E-state index contributed by atoms with van der Waals surface area (Å²) < 4.78 is 38.7. The fourth-order valence-electron chi connectivity index (χ4n) is 2.17. The number of sulfonamides is 1. The molecule has 7 heteroatoms. The van der Waals surface area contributed by atoms with Crippen LogP contribution in [0.25, 0.3) is 0 Å². The standard InChI is InChI=1S/C13H17FN2O3S/c1-10(2)16-8-7-15(9-13(16)17)20(18,19)12-5-3-11(14)4-6-12/h3-6,10H,7-9H2,1-2H3. The first-order valence-corrected chi connectivity index (χ1v) is 7.81. The Hall–Kier alpha value is -1.47. The summed E-state index contributed by atoms with van der Waals surface area (Å²) >= 11 is 0. The van der Waals surface area contributed by atoms with E-state index in [4.69, 9.17) is 0 Å². The predicted octanol–water partition coefficient (Wildman–Crippen LogP) is 1.07. The molecule has 1 aromatic carbocycles. The minimum Gasteiger partial charge on any atom is -0.338 e. The van der Waals surface area contributed by atoms with Crippen molar-refractivity contribution in [3.05, 3.63) is 30.1 Å². The van der Waals surface area contributed by atoms with Gasteiger partial charge in [0, 0.05) is 19.1 Å². The zero-order chi connectivity index (χ0) is 14.9. The van der Waals surface area contributed by atoms with Crippen LogP contribution in [0.4, 0.5) is 4.39 Å². The Balaban J connectivity index is 2.20. The van der Waals surface area contributed by atoms with Crippen molar-refractivity contribution in [1.82, 2.24) is 9.21 Å². The fourth-order valence-corrected chi connectivity index (χ4v) is 3.55. The third-order valence-corrected chi connectivity index (χ3v) is 5.16. The van der Waals surface area contributed by atoms with E-state index in [1.807, 2.05) is 13.8 Å². The van der Waals surface area contributed by atoms with Gasteiger partial charge in [-0.1, -0.05) is 0 Å². The number of carbonyl (C=O) groups is 1. The summed E-state index contributed by atoms with van der Waals surface area (Å²) in [5.41, 5.74) is 0. The van der Waals surface area contributed by atoms with Crippen molar-refractivity contribution >= 4 is 15.9 Å². The lowest BCUT2D eigenvalue weighted by atomic mass is 10.2. The van der Waals surface area contributed by atoms with E-state index in [0.29, 0.717) is 6.54 Å². The molecule has 0 spiro atoms. The van der Waals surface area contributed by atoms with Crippen molar-refractivity contribution in [2.75, 3.05) is 19.6 Å². The van der Waals surface area contributed by atoms with E-state index in [-0.39, 0.29) is 29.9 Å². The first-order chi connectivity index (χ1) is 9.32. The van der Waals surface area contributed by atoms with Crippen molar-refractivity contribution in [2.24, 2.45) is 0 Å². The number of hydrogen-bond acceptors (Lipinski definition) is 3. The van der Waals surface area contributed by atoms with Gasteiger partial charge < -0.3 is 4.90 Å². The van der Waals surface area contributed by atoms with Crippen LogP contribution in [0.3, 0.4) is 0 Å². The molecular formula is C13H17FN2O3S. The summed E-state index contributed by atoms with van der Waals surface area (Å²) in [6.07, 6.45) is 0. The van der Waals surface area contributed by atoms with Crippen LogP contribution in [0.1, 0.15) is 13.8 Å². The third kappa shape index (κ3) is 2.83. The van der Waals surface area contributed by atoms with Crippen molar-refractivity contribution in [1.29, 1.82) is 0 Å². The number of halogens is 1. The molecule has 1 fully saturated rings. The second kappa shape index (κ2) is 5.49. The molecule has 1 aliphatic heterocycles. The molecule has 0 atom stereocenters. The molecule has 0 aromatic heterocycles. The number of hydrogen-bond donors (Lipinski definition) is 0. The van der Waals surface area contributed by atoms with E-state index in [1.54, 1.807) is 4.90 Å². The molecule has 0 aliphatic carbocycles. The Bertz CT molecular complexity index is 599. The largest absolute Gasteiger partial charge is 0.338 e. The Morgan fingerprint density at radius 3 is 2.25 bits per heavy atom. The lowest BCUT2D eigenvalue weighted by molar-refractivity contribution is -0.135. The Labute approximate surface area is 118 Å². The fraction of sp³-hybridized carbons (Fsp3) is 0.462. The van der Waals surface area contributed by atoms with E-state index in [2.05, 4.69) is 0 Å². The van der Waals surface area contributed by atoms with Gasteiger partial charge in [0.05, 0.1) is 11.4 Å². The van der Waals surface area contributed by atoms with Crippen LogP contribution in [0.15, 0.2) is 29.2 Å². The smallest absolute Gasteiger partial charge is 0.243 e. The number of carbonyl (C=O) groups excluding carboxylic acids is 1. The molecule has 20 heavy (non-hydrogen) atoms. The molecule has 0 N–H and O–H groups in total. The lowest BCUT2D eigenvalue weighted by Gasteiger charge is -2.35. The molecule has 110 valence electrons. The minimum atomic E-state index is -3.74. The molecule has 2 rings (SSSR count). The molecular weight excluding hydrogens is 283 g/mol. The second-order valence-corrected chi connectivity index (χ2v) is 6.91. The van der Waals surface area contributed by atoms with E-state index in [9.17, 15) is 17.6 Å². The Morgan fingerprint density at radius 1 is 1.15 bits per heavy atom. The molecule has 0 saturated carbocycles. The molecule has 1 aliphatic rings. The van der Waals surface area contributed by atoms with E-state index < -0.39 is 15.8 Å². The van der Waals surface area contributed by atoms with E-state index in [1.165, 1.54) is 12.1 Å². The highest BCUT2D eigenvalue weighted by molar-refractivity contribution is 7.89. The quantitative estimate of drug-likeness (QED) is 0.839. The summed E-state index contributed by atoms with van der Waals surface area (Å²) in [5, 5.41) is 0. The lowest BCUT2D eigenvalue weighted by Crippen LogP contribution is -2.54. The molecule has 0 radical (unpaired) electrons. The van der Waals surface area contributed by atoms with Crippen molar-refractivity contribution < 1.29 is 17.6 Å². The van der Waals surface area contributed by atoms with Gasteiger partial charge in [-0.05, 0) is 38.1 Å². The molecule has 0 bridgehead atoms. The Morgan fingerprint density at radius 2 is 1.75 bits per heavy atom. The first-order valence-electron chi connectivity index (χ1n) is 6.37. The molecule has 1 heterocycles. The van der Waals surface area contributed by atoms with Crippen LogP contribution in [0.5, 0.6) is 0 Å². The maximum atomic E-state index is 12.9. The average Bonchev–Trinajstić information content (AvgIpc) is 2.38. The van der Waals surface area contributed by atoms with Gasteiger partial charge in [-0.25, -0.2) is 12.8 Å². The van der Waals surface area contributed by atoms with Crippen molar-refractivity contribution in [3.8, 4) is 0 Å². The zero-order valence-corrected chi connectivity index (χ0v) is 12.2. The van der Waals surface area contributed by atoms with Crippen LogP contribution in [0, 0.1) is 5.82 Å². The summed E-state index contributed by atoms with van der Waals surface area (Å²) in [7, 11) is -3.74. The van der Waals surface area contributed by atoms with Crippen LogP contribution >= 0.6 is 0 Å². The summed E-state index contributed by atoms with van der Waals surface area (Å²) in [4.78, 5) is 13.6. The Kier molecular flexibility index (Phi) is 4.10. The topological polar surface area (TPSA) is 57.7 Å². The maximum absolute atomic E-state index is 12.9. The predicted molar refractivity (Wildman–Crippen MR) is 72.0 cm³/mol. The van der Waals surface area contributed by atoms with Gasteiger partial charge >= 0.3 is 0 Å². The van der Waals surface area contributed by atoms with Gasteiger partial charge in [-0.15, -0.1) is 0 Å². The highest BCUT2D eigenvalue weighted by Crippen LogP contribution is 2.19. The van der Waals surface area contributed by atoms with Gasteiger partial charge in [0.2, 0.25) is 15.9 Å². The normalized spacial score (nSPS) is 17.8. The summed E-state index contributed by atoms with van der Waals surface area (Å²) in [6, 6.07) is 4.67. The third-order valence-electron chi connectivity index (χ3n) is 3.30. The van der Waals surface area contributed by atoms with Crippen molar-refractivity contribution in [2.45, 2.75) is 24.8 Å². The van der Waals surface area contributed by atoms with Gasteiger partial charge in [-0.2, -0.15) is 4.31 Å². The van der Waals surface area contributed by atoms with Crippen LogP contribution in [0.2, 0.25) is 0 Å². The minimum absolute atomic E-state index is 0.00435. The second-order valence-electron chi connectivity index (χ2n) is 4.97. The summed E-state index contributed by atoms with van der Waals surface area (Å²) in [6.45, 7) is 4.24. The maximum Gasteiger partial charge on any atom is 0.243 e. The summed E-state index contributed by atoms with van der Waals surface area (Å²) in [5.74, 6) is -0.707. The van der Waals surface area contributed by atoms with Gasteiger partial charge in [0.15, 0.2) is 0 Å². The molecule has 1 aromatic rings. The van der Waals surface area contributed by atoms with Crippen molar-refractivity contribution in [3.63, 3.8) is 0 Å². The monoisotopic (exact) mass is 300 g/mol. The van der Waals surface area contributed by atoms with Crippen LogP contribution in [-0.2, 0) is 14.8 Å². The number of nitrogens with zero attached hydrogens (tertiary/aromatic N) is 2. The average molecular weight is 300 g/mol. The molecule has 1 amide bonds. The van der Waals surface area contributed by atoms with E-state index >= 15 is 0 Å². The number of rotatable bonds is 3. The number of benzene rings is 1. The van der Waals surface area contributed by atoms with Crippen LogP contribution in [-0.4, -0.2) is 49.2 Å². The van der Waals surface area contributed by atoms with Gasteiger partial charge in [0.25, 0.3) is 0 Å². The SMILES string of the molecule is CC(C)N1CCN(S(=O)(=O)c2ccc(F)cc2)CC1=O. The number of piperazine rings is 1. The van der Waals surface area contributed by atoms with Gasteiger partial charge in [0.1, 0.15) is 5.82 Å². The van der Waals surface area contributed by atoms with E-state index in [0.717, 1.165) is 16.4 Å². The molecule has 5 nitrogen and oxygen atoms in total. The zero-order valence-electron chi connectivity index (χ0n) is 11.4. The highest BCUT2D eigenvalue weighted by Gasteiger charge is 2.33.